The van der Waals surface area contributed by atoms with Gasteiger partial charge in [-0.15, -0.1) is 0 Å². The standard InChI is InChI=1S/C11H22BrNO/c1-10(2)7-9(14-6-5-12)8-11(3,4)13-10/h9,13H,5-8H2,1-4H3. The summed E-state index contributed by atoms with van der Waals surface area (Å²) in [5.41, 5.74) is 0.386. The van der Waals surface area contributed by atoms with E-state index in [2.05, 4.69) is 48.9 Å². The van der Waals surface area contributed by atoms with Gasteiger partial charge in [-0.2, -0.15) is 0 Å². The molecule has 0 amide bonds. The fourth-order valence-electron chi connectivity index (χ4n) is 2.56. The Morgan fingerprint density at radius 1 is 1.21 bits per heavy atom. The summed E-state index contributed by atoms with van der Waals surface area (Å²) in [5.74, 6) is 0. The molecule has 1 aliphatic heterocycles. The van der Waals surface area contributed by atoms with Crippen LogP contribution >= 0.6 is 15.9 Å². The first kappa shape index (κ1) is 12.5. The highest BCUT2D eigenvalue weighted by Gasteiger charge is 2.37. The quantitative estimate of drug-likeness (QED) is 0.791. The molecule has 0 unspecified atom stereocenters. The second kappa shape index (κ2) is 4.50. The molecule has 1 rings (SSSR count). The van der Waals surface area contributed by atoms with Crippen LogP contribution in [0.25, 0.3) is 0 Å². The van der Waals surface area contributed by atoms with E-state index >= 15 is 0 Å². The van der Waals surface area contributed by atoms with Crippen LogP contribution in [-0.2, 0) is 4.74 Å². The summed E-state index contributed by atoms with van der Waals surface area (Å²) >= 11 is 3.39. The molecule has 14 heavy (non-hydrogen) atoms. The van der Waals surface area contributed by atoms with Crippen LogP contribution in [0.2, 0.25) is 0 Å². The zero-order valence-corrected chi connectivity index (χ0v) is 11.3. The molecule has 1 fully saturated rings. The lowest BCUT2D eigenvalue weighted by Gasteiger charge is -2.46. The van der Waals surface area contributed by atoms with Crippen molar-refractivity contribution in [3.8, 4) is 0 Å². The normalized spacial score (nSPS) is 26.4. The van der Waals surface area contributed by atoms with Gasteiger partial charge in [-0.05, 0) is 40.5 Å². The van der Waals surface area contributed by atoms with Crippen molar-refractivity contribution in [2.75, 3.05) is 11.9 Å². The van der Waals surface area contributed by atoms with E-state index in [9.17, 15) is 0 Å². The van der Waals surface area contributed by atoms with Gasteiger partial charge >= 0.3 is 0 Å². The van der Waals surface area contributed by atoms with Gasteiger partial charge in [-0.3, -0.25) is 0 Å². The van der Waals surface area contributed by atoms with Crippen molar-refractivity contribution in [3.63, 3.8) is 0 Å². The van der Waals surface area contributed by atoms with Crippen LogP contribution in [0.15, 0.2) is 0 Å². The number of ether oxygens (including phenoxy) is 1. The van der Waals surface area contributed by atoms with Crippen LogP contribution < -0.4 is 5.32 Å². The van der Waals surface area contributed by atoms with Gasteiger partial charge in [-0.1, -0.05) is 15.9 Å². The number of halogens is 1. The molecule has 0 spiro atoms. The fraction of sp³-hybridized carbons (Fsp3) is 1.00. The Balaban J connectivity index is 2.53. The molecule has 0 radical (unpaired) electrons. The van der Waals surface area contributed by atoms with Crippen LogP contribution in [-0.4, -0.2) is 29.1 Å². The summed E-state index contributed by atoms with van der Waals surface area (Å²) in [6.45, 7) is 9.81. The molecule has 2 nitrogen and oxygen atoms in total. The molecule has 0 atom stereocenters. The Morgan fingerprint density at radius 2 is 1.71 bits per heavy atom. The Hall–Kier alpha value is 0.400. The molecular formula is C11H22BrNO. The molecule has 1 heterocycles. The third-order valence-corrected chi connectivity index (χ3v) is 2.91. The van der Waals surface area contributed by atoms with Crippen LogP contribution in [0.3, 0.4) is 0 Å². The lowest BCUT2D eigenvalue weighted by molar-refractivity contribution is -0.0148. The first-order chi connectivity index (χ1) is 6.35. The van der Waals surface area contributed by atoms with Gasteiger partial charge in [0.15, 0.2) is 0 Å². The molecule has 0 aromatic heterocycles. The van der Waals surface area contributed by atoms with Crippen molar-refractivity contribution in [1.29, 1.82) is 0 Å². The minimum Gasteiger partial charge on any atom is -0.377 e. The SMILES string of the molecule is CC1(C)CC(OCCBr)CC(C)(C)N1. The summed E-state index contributed by atoms with van der Waals surface area (Å²) in [6.07, 6.45) is 2.60. The maximum atomic E-state index is 5.82. The largest absolute Gasteiger partial charge is 0.377 e. The van der Waals surface area contributed by atoms with Gasteiger partial charge in [0.2, 0.25) is 0 Å². The average Bonchev–Trinajstić information content (AvgIpc) is 1.94. The van der Waals surface area contributed by atoms with E-state index in [4.69, 9.17) is 4.74 Å². The topological polar surface area (TPSA) is 21.3 Å². The number of hydrogen-bond donors (Lipinski definition) is 1. The summed E-state index contributed by atoms with van der Waals surface area (Å²) in [6, 6.07) is 0. The van der Waals surface area contributed by atoms with E-state index in [-0.39, 0.29) is 11.1 Å². The van der Waals surface area contributed by atoms with Crippen molar-refractivity contribution < 1.29 is 4.74 Å². The molecule has 0 bridgehead atoms. The Bertz CT molecular complexity index is 176. The summed E-state index contributed by atoms with van der Waals surface area (Å²) in [7, 11) is 0. The first-order valence-electron chi connectivity index (χ1n) is 5.32. The van der Waals surface area contributed by atoms with E-state index in [0.717, 1.165) is 24.8 Å². The Morgan fingerprint density at radius 3 is 2.14 bits per heavy atom. The van der Waals surface area contributed by atoms with Crippen molar-refractivity contribution in [3.05, 3.63) is 0 Å². The maximum Gasteiger partial charge on any atom is 0.0610 e. The Kier molecular flexibility index (Phi) is 4.01. The smallest absolute Gasteiger partial charge is 0.0610 e. The molecule has 1 aliphatic rings. The van der Waals surface area contributed by atoms with E-state index in [1.54, 1.807) is 0 Å². The van der Waals surface area contributed by atoms with E-state index in [1.165, 1.54) is 0 Å². The van der Waals surface area contributed by atoms with Crippen LogP contribution in [0, 0.1) is 0 Å². The molecule has 84 valence electrons. The number of alkyl halides is 1. The summed E-state index contributed by atoms with van der Waals surface area (Å²) < 4.78 is 5.82. The zero-order valence-electron chi connectivity index (χ0n) is 9.69. The predicted octanol–water partition coefficient (Wildman–Crippen LogP) is 2.71. The van der Waals surface area contributed by atoms with Gasteiger partial charge in [0.1, 0.15) is 0 Å². The molecule has 0 aliphatic carbocycles. The highest BCUT2D eigenvalue weighted by molar-refractivity contribution is 9.09. The van der Waals surface area contributed by atoms with Crippen molar-refractivity contribution in [1.82, 2.24) is 5.32 Å². The van der Waals surface area contributed by atoms with Crippen molar-refractivity contribution >= 4 is 15.9 Å². The van der Waals surface area contributed by atoms with Gasteiger partial charge in [0, 0.05) is 16.4 Å². The monoisotopic (exact) mass is 263 g/mol. The fourth-order valence-corrected chi connectivity index (χ4v) is 2.74. The number of nitrogens with one attached hydrogen (secondary N) is 1. The number of piperidine rings is 1. The van der Waals surface area contributed by atoms with Gasteiger partial charge < -0.3 is 10.1 Å². The van der Waals surface area contributed by atoms with Crippen LogP contribution in [0.1, 0.15) is 40.5 Å². The predicted molar refractivity (Wildman–Crippen MR) is 64.1 cm³/mol. The van der Waals surface area contributed by atoms with Gasteiger partial charge in [0.05, 0.1) is 12.7 Å². The maximum absolute atomic E-state index is 5.82. The second-order valence-electron chi connectivity index (χ2n) is 5.48. The second-order valence-corrected chi connectivity index (χ2v) is 6.28. The zero-order chi connectivity index (χ0) is 10.8. The number of hydrogen-bond acceptors (Lipinski definition) is 2. The molecule has 0 aromatic rings. The third kappa shape index (κ3) is 3.87. The lowest BCUT2D eigenvalue weighted by Crippen LogP contribution is -2.59. The molecular weight excluding hydrogens is 242 g/mol. The summed E-state index contributed by atoms with van der Waals surface area (Å²) in [5, 5.41) is 4.57. The third-order valence-electron chi connectivity index (χ3n) is 2.58. The minimum atomic E-state index is 0.193. The van der Waals surface area contributed by atoms with E-state index in [0.29, 0.717) is 6.10 Å². The molecule has 0 saturated carbocycles. The minimum absolute atomic E-state index is 0.193. The average molecular weight is 264 g/mol. The number of rotatable bonds is 3. The van der Waals surface area contributed by atoms with Gasteiger partial charge in [-0.25, -0.2) is 0 Å². The highest BCUT2D eigenvalue weighted by Crippen LogP contribution is 2.30. The molecule has 1 N–H and O–H groups in total. The lowest BCUT2D eigenvalue weighted by atomic mass is 9.81. The van der Waals surface area contributed by atoms with E-state index < -0.39 is 0 Å². The molecule has 1 saturated heterocycles. The molecule has 0 aromatic carbocycles. The first-order valence-corrected chi connectivity index (χ1v) is 6.44. The van der Waals surface area contributed by atoms with Gasteiger partial charge in [0.25, 0.3) is 0 Å². The van der Waals surface area contributed by atoms with E-state index in [1.807, 2.05) is 0 Å². The highest BCUT2D eigenvalue weighted by atomic mass is 79.9. The van der Waals surface area contributed by atoms with Crippen molar-refractivity contribution in [2.24, 2.45) is 0 Å². The summed E-state index contributed by atoms with van der Waals surface area (Å²) in [4.78, 5) is 0. The van der Waals surface area contributed by atoms with Crippen molar-refractivity contribution in [2.45, 2.75) is 57.7 Å². The van der Waals surface area contributed by atoms with Crippen LogP contribution in [0.4, 0.5) is 0 Å². The molecule has 3 heteroatoms. The van der Waals surface area contributed by atoms with Crippen LogP contribution in [0.5, 0.6) is 0 Å². The Labute approximate surface area is 95.9 Å².